The van der Waals surface area contributed by atoms with Gasteiger partial charge in [-0.05, 0) is 11.5 Å². The second-order valence-corrected chi connectivity index (χ2v) is 5.63. The minimum Gasteiger partial charge on any atom is -0.496 e. The van der Waals surface area contributed by atoms with Crippen LogP contribution in [0.3, 0.4) is 0 Å². The Morgan fingerprint density at radius 1 is 1.32 bits per heavy atom. The van der Waals surface area contributed by atoms with E-state index in [4.69, 9.17) is 10.5 Å². The van der Waals surface area contributed by atoms with Gasteiger partial charge < -0.3 is 15.6 Å². The van der Waals surface area contributed by atoms with Crippen molar-refractivity contribution in [3.63, 3.8) is 0 Å². The molecule has 0 spiro atoms. The highest BCUT2D eigenvalue weighted by atomic mass is 19.4. The number of benzene rings is 1. The Morgan fingerprint density at radius 3 is 2.27 bits per heavy atom. The van der Waals surface area contributed by atoms with Crippen LogP contribution in [0.2, 0.25) is 0 Å². The number of methoxy groups -OCH3 is 1. The average molecular weight is 323 g/mol. The molecule has 1 rings (SSSR count). The summed E-state index contributed by atoms with van der Waals surface area (Å²) in [5, 5.41) is 9.73. The number of hydrogen-bond acceptors (Lipinski definition) is 3. The molecule has 124 valence electrons. The maximum absolute atomic E-state index is 13.2. The highest BCUT2D eigenvalue weighted by Gasteiger charge is 2.60. The number of nitrogens with two attached hydrogens (primary N) is 1. The van der Waals surface area contributed by atoms with Crippen LogP contribution < -0.4 is 10.5 Å². The lowest BCUT2D eigenvalue weighted by molar-refractivity contribution is -0.255. The van der Waals surface area contributed by atoms with Crippen LogP contribution in [0.1, 0.15) is 25.8 Å². The molecule has 1 atom stereocenters. The normalized spacial score (nSPS) is 15.3. The molecule has 1 amide bonds. The largest absolute Gasteiger partial charge is 0.496 e. The first-order chi connectivity index (χ1) is 9.85. The molecule has 0 heterocycles. The SMILES string of the molecule is COc1cc(F)ccc1C(C)(C)CC(O)(C(N)=O)C(F)(F)F. The number of amides is 1. The zero-order valence-corrected chi connectivity index (χ0v) is 12.3. The quantitative estimate of drug-likeness (QED) is 0.817. The maximum Gasteiger partial charge on any atom is 0.426 e. The Labute approximate surface area is 124 Å². The average Bonchev–Trinajstić information content (AvgIpc) is 2.35. The second-order valence-electron chi connectivity index (χ2n) is 5.63. The van der Waals surface area contributed by atoms with E-state index in [1.807, 2.05) is 0 Å². The molecule has 1 aromatic carbocycles. The van der Waals surface area contributed by atoms with Gasteiger partial charge in [0.25, 0.3) is 5.91 Å². The minimum atomic E-state index is -5.23. The van der Waals surface area contributed by atoms with Crippen LogP contribution in [0.4, 0.5) is 17.6 Å². The third kappa shape index (κ3) is 3.32. The number of rotatable bonds is 5. The summed E-state index contributed by atoms with van der Waals surface area (Å²) in [5.74, 6) is -2.51. The van der Waals surface area contributed by atoms with E-state index >= 15 is 0 Å². The van der Waals surface area contributed by atoms with E-state index in [-0.39, 0.29) is 11.3 Å². The highest BCUT2D eigenvalue weighted by molar-refractivity contribution is 5.84. The molecule has 0 bridgehead atoms. The number of alkyl halides is 3. The van der Waals surface area contributed by atoms with Gasteiger partial charge >= 0.3 is 6.18 Å². The van der Waals surface area contributed by atoms with Gasteiger partial charge in [-0.25, -0.2) is 4.39 Å². The van der Waals surface area contributed by atoms with Crippen molar-refractivity contribution in [3.05, 3.63) is 29.6 Å². The minimum absolute atomic E-state index is 0.0130. The molecule has 8 heteroatoms. The molecule has 0 radical (unpaired) electrons. The van der Waals surface area contributed by atoms with Crippen molar-refractivity contribution in [1.82, 2.24) is 0 Å². The molecule has 0 saturated heterocycles. The van der Waals surface area contributed by atoms with Crippen LogP contribution in [0.5, 0.6) is 5.75 Å². The number of ether oxygens (including phenoxy) is 1. The van der Waals surface area contributed by atoms with Crippen LogP contribution in [0.25, 0.3) is 0 Å². The van der Waals surface area contributed by atoms with Gasteiger partial charge in [-0.1, -0.05) is 19.9 Å². The third-order valence-corrected chi connectivity index (χ3v) is 3.47. The molecule has 4 nitrogen and oxygen atoms in total. The first-order valence-corrected chi connectivity index (χ1v) is 6.28. The summed E-state index contributed by atoms with van der Waals surface area (Å²) < 4.78 is 57.2. The monoisotopic (exact) mass is 323 g/mol. The standard InChI is InChI=1S/C14H17F4NO3/c1-12(2,7-13(21,11(19)20)14(16,17)18)9-5-4-8(15)6-10(9)22-3/h4-6,21H,7H2,1-3H3,(H2,19,20). The molecular weight excluding hydrogens is 306 g/mol. The number of primary amides is 1. The number of carbonyl (C=O) groups excluding carboxylic acids is 1. The topological polar surface area (TPSA) is 72.6 Å². The zero-order valence-electron chi connectivity index (χ0n) is 12.3. The molecule has 0 fully saturated rings. The highest BCUT2D eigenvalue weighted by Crippen LogP contribution is 2.43. The van der Waals surface area contributed by atoms with Gasteiger partial charge in [0.1, 0.15) is 11.6 Å². The first kappa shape index (κ1) is 18.2. The summed E-state index contributed by atoms with van der Waals surface area (Å²) in [5.41, 5.74) is -0.116. The lowest BCUT2D eigenvalue weighted by atomic mass is 9.74. The van der Waals surface area contributed by atoms with Crippen molar-refractivity contribution in [3.8, 4) is 5.75 Å². The number of halogens is 4. The smallest absolute Gasteiger partial charge is 0.426 e. The van der Waals surface area contributed by atoms with Crippen LogP contribution >= 0.6 is 0 Å². The molecule has 0 aliphatic carbocycles. The summed E-state index contributed by atoms with van der Waals surface area (Å²) in [6.45, 7) is 2.73. The molecule has 0 aliphatic heterocycles. The van der Waals surface area contributed by atoms with Crippen molar-refractivity contribution in [2.45, 2.75) is 37.5 Å². The van der Waals surface area contributed by atoms with Gasteiger partial charge in [0, 0.05) is 18.1 Å². The first-order valence-electron chi connectivity index (χ1n) is 6.28. The molecule has 3 N–H and O–H groups in total. The summed E-state index contributed by atoms with van der Waals surface area (Å²) >= 11 is 0. The molecule has 1 aromatic rings. The number of hydrogen-bond donors (Lipinski definition) is 2. The van der Waals surface area contributed by atoms with E-state index in [1.54, 1.807) is 0 Å². The van der Waals surface area contributed by atoms with E-state index in [0.29, 0.717) is 0 Å². The van der Waals surface area contributed by atoms with Crippen LogP contribution in [0.15, 0.2) is 18.2 Å². The second kappa shape index (κ2) is 5.75. The van der Waals surface area contributed by atoms with Crippen molar-refractivity contribution in [2.24, 2.45) is 5.73 Å². The van der Waals surface area contributed by atoms with Gasteiger partial charge in [-0.2, -0.15) is 13.2 Å². The zero-order chi connectivity index (χ0) is 17.3. The van der Waals surface area contributed by atoms with Gasteiger partial charge in [-0.15, -0.1) is 0 Å². The summed E-state index contributed by atoms with van der Waals surface area (Å²) in [6, 6.07) is 3.30. The lowest BCUT2D eigenvalue weighted by Crippen LogP contribution is -2.58. The Balaban J connectivity index is 3.33. The van der Waals surface area contributed by atoms with Crippen molar-refractivity contribution in [2.75, 3.05) is 7.11 Å². The van der Waals surface area contributed by atoms with Crippen LogP contribution in [-0.4, -0.2) is 29.9 Å². The molecular formula is C14H17F4NO3. The van der Waals surface area contributed by atoms with E-state index in [0.717, 1.165) is 12.1 Å². The third-order valence-electron chi connectivity index (χ3n) is 3.47. The van der Waals surface area contributed by atoms with Gasteiger partial charge in [-0.3, -0.25) is 4.79 Å². The van der Waals surface area contributed by atoms with E-state index in [9.17, 15) is 27.5 Å². The Kier molecular flexibility index (Phi) is 4.76. The fourth-order valence-electron chi connectivity index (χ4n) is 2.29. The lowest BCUT2D eigenvalue weighted by Gasteiger charge is -2.36. The Hall–Kier alpha value is -1.83. The summed E-state index contributed by atoms with van der Waals surface area (Å²) in [6.07, 6.45) is -6.26. The fraction of sp³-hybridized carbons (Fsp3) is 0.500. The van der Waals surface area contributed by atoms with Gasteiger partial charge in [0.2, 0.25) is 5.60 Å². The summed E-state index contributed by atoms with van der Waals surface area (Å²) in [4.78, 5) is 11.1. The molecule has 0 aliphatic rings. The molecule has 1 unspecified atom stereocenters. The van der Waals surface area contributed by atoms with Crippen molar-refractivity contribution in [1.29, 1.82) is 0 Å². The molecule has 22 heavy (non-hydrogen) atoms. The fourth-order valence-corrected chi connectivity index (χ4v) is 2.29. The van der Waals surface area contributed by atoms with E-state index in [1.165, 1.54) is 27.0 Å². The van der Waals surface area contributed by atoms with Crippen LogP contribution in [0, 0.1) is 5.82 Å². The Morgan fingerprint density at radius 2 is 1.86 bits per heavy atom. The van der Waals surface area contributed by atoms with Crippen LogP contribution in [-0.2, 0) is 10.2 Å². The molecule has 0 saturated carbocycles. The molecule has 0 aromatic heterocycles. The van der Waals surface area contributed by atoms with Gasteiger partial charge in [0.05, 0.1) is 7.11 Å². The van der Waals surface area contributed by atoms with E-state index < -0.39 is 35.3 Å². The Bertz CT molecular complexity index is 572. The van der Waals surface area contributed by atoms with E-state index in [2.05, 4.69) is 0 Å². The van der Waals surface area contributed by atoms with Crippen molar-refractivity contribution < 1.29 is 32.2 Å². The predicted molar refractivity (Wildman–Crippen MR) is 70.8 cm³/mol. The predicted octanol–water partition coefficient (Wildman–Crippen LogP) is 2.28. The summed E-state index contributed by atoms with van der Waals surface area (Å²) in [7, 11) is 1.23. The number of carbonyl (C=O) groups is 1. The number of aliphatic hydroxyl groups is 1. The van der Waals surface area contributed by atoms with Gasteiger partial charge in [0.15, 0.2) is 0 Å². The maximum atomic E-state index is 13.2. The van der Waals surface area contributed by atoms with Crippen molar-refractivity contribution >= 4 is 5.91 Å².